The minimum Gasteiger partial charge on any atom is -0.497 e. The molecule has 72 valence electrons. The molecule has 0 amide bonds. The van der Waals surface area contributed by atoms with Crippen molar-refractivity contribution < 1.29 is 4.74 Å². The first-order valence-electron chi connectivity index (χ1n) is 4.62. The summed E-state index contributed by atoms with van der Waals surface area (Å²) in [7, 11) is 3.68. The maximum absolute atomic E-state index is 5.15. The van der Waals surface area contributed by atoms with Crippen molar-refractivity contribution in [1.29, 1.82) is 0 Å². The average Bonchev–Trinajstić information content (AvgIpc) is 2.39. The van der Waals surface area contributed by atoms with Crippen LogP contribution in [0.5, 0.6) is 0 Å². The van der Waals surface area contributed by atoms with Gasteiger partial charge < -0.3 is 10.1 Å². The van der Waals surface area contributed by atoms with Gasteiger partial charge in [0.05, 0.1) is 7.11 Å². The SMILES string of the molecule is CNCCC1=CCC=C(OC)C=C1. The first kappa shape index (κ1) is 10.1. The van der Waals surface area contributed by atoms with E-state index in [0.29, 0.717) is 0 Å². The molecule has 2 heteroatoms. The summed E-state index contributed by atoms with van der Waals surface area (Å²) in [5.74, 6) is 0.954. The molecule has 0 aromatic rings. The second-order valence-electron chi connectivity index (χ2n) is 3.01. The van der Waals surface area contributed by atoms with Crippen LogP contribution in [0.1, 0.15) is 12.8 Å². The Morgan fingerprint density at radius 3 is 2.92 bits per heavy atom. The maximum atomic E-state index is 5.15. The van der Waals surface area contributed by atoms with Crippen LogP contribution in [-0.2, 0) is 4.74 Å². The molecule has 0 saturated carbocycles. The number of methoxy groups -OCH3 is 1. The molecule has 13 heavy (non-hydrogen) atoms. The molecule has 2 nitrogen and oxygen atoms in total. The van der Waals surface area contributed by atoms with Crippen LogP contribution in [0.2, 0.25) is 0 Å². The lowest BCUT2D eigenvalue weighted by molar-refractivity contribution is 0.306. The van der Waals surface area contributed by atoms with Crippen LogP contribution in [0, 0.1) is 0 Å². The van der Waals surface area contributed by atoms with Gasteiger partial charge in [0.15, 0.2) is 0 Å². The normalized spacial score (nSPS) is 16.2. The lowest BCUT2D eigenvalue weighted by atomic mass is 10.1. The fraction of sp³-hybridized carbons (Fsp3) is 0.455. The van der Waals surface area contributed by atoms with Gasteiger partial charge in [-0.15, -0.1) is 0 Å². The maximum Gasteiger partial charge on any atom is 0.115 e. The quantitative estimate of drug-likeness (QED) is 0.712. The van der Waals surface area contributed by atoms with E-state index in [9.17, 15) is 0 Å². The minimum absolute atomic E-state index is 0.954. The van der Waals surface area contributed by atoms with Gasteiger partial charge in [-0.05, 0) is 38.6 Å². The molecule has 0 aliphatic heterocycles. The van der Waals surface area contributed by atoms with Crippen molar-refractivity contribution in [2.45, 2.75) is 12.8 Å². The zero-order chi connectivity index (χ0) is 9.52. The van der Waals surface area contributed by atoms with E-state index in [4.69, 9.17) is 4.74 Å². The summed E-state index contributed by atoms with van der Waals surface area (Å²) >= 11 is 0. The second kappa shape index (κ2) is 5.60. The first-order chi connectivity index (χ1) is 6.36. The fourth-order valence-corrected chi connectivity index (χ4v) is 1.26. The van der Waals surface area contributed by atoms with Crippen LogP contribution in [0.15, 0.2) is 35.6 Å². The lowest BCUT2D eigenvalue weighted by Gasteiger charge is -1.99. The standard InChI is InChI=1S/C11H17NO/c1-12-9-8-10-4-3-5-11(13-2)7-6-10/h4-7,12H,3,8-9H2,1-2H3. The Labute approximate surface area is 80.0 Å². The summed E-state index contributed by atoms with van der Waals surface area (Å²) in [6, 6.07) is 0. The molecular formula is C11H17NO. The fourth-order valence-electron chi connectivity index (χ4n) is 1.26. The third-order valence-corrected chi connectivity index (χ3v) is 2.06. The Hall–Kier alpha value is -1.02. The molecule has 0 radical (unpaired) electrons. The van der Waals surface area contributed by atoms with Crippen LogP contribution in [-0.4, -0.2) is 20.7 Å². The summed E-state index contributed by atoms with van der Waals surface area (Å²) in [6.45, 7) is 1.03. The highest BCUT2D eigenvalue weighted by Crippen LogP contribution is 2.12. The molecule has 0 aromatic carbocycles. The van der Waals surface area contributed by atoms with Gasteiger partial charge in [-0.2, -0.15) is 0 Å². The van der Waals surface area contributed by atoms with Crippen molar-refractivity contribution in [2.24, 2.45) is 0 Å². The topological polar surface area (TPSA) is 21.3 Å². The monoisotopic (exact) mass is 179 g/mol. The highest BCUT2D eigenvalue weighted by Gasteiger charge is 1.97. The van der Waals surface area contributed by atoms with Crippen LogP contribution < -0.4 is 5.32 Å². The molecule has 0 spiro atoms. The van der Waals surface area contributed by atoms with Gasteiger partial charge >= 0.3 is 0 Å². The minimum atomic E-state index is 0.954. The number of nitrogens with one attached hydrogen (secondary N) is 1. The van der Waals surface area contributed by atoms with E-state index in [1.807, 2.05) is 13.1 Å². The molecule has 0 atom stereocenters. The Morgan fingerprint density at radius 1 is 1.38 bits per heavy atom. The zero-order valence-electron chi connectivity index (χ0n) is 8.34. The number of hydrogen-bond acceptors (Lipinski definition) is 2. The highest BCUT2D eigenvalue weighted by atomic mass is 16.5. The summed E-state index contributed by atoms with van der Waals surface area (Å²) in [5, 5.41) is 3.14. The molecule has 1 rings (SSSR count). The molecule has 0 bridgehead atoms. The van der Waals surface area contributed by atoms with E-state index < -0.39 is 0 Å². The van der Waals surface area contributed by atoms with Crippen LogP contribution in [0.4, 0.5) is 0 Å². The smallest absolute Gasteiger partial charge is 0.115 e. The Morgan fingerprint density at radius 2 is 2.23 bits per heavy atom. The first-order valence-corrected chi connectivity index (χ1v) is 4.62. The third kappa shape index (κ3) is 3.47. The van der Waals surface area contributed by atoms with E-state index in [2.05, 4.69) is 23.5 Å². The molecular weight excluding hydrogens is 162 g/mol. The molecule has 0 heterocycles. The van der Waals surface area contributed by atoms with E-state index in [0.717, 1.165) is 25.1 Å². The van der Waals surface area contributed by atoms with Gasteiger partial charge in [0, 0.05) is 0 Å². The predicted octanol–water partition coefficient (Wildman–Crippen LogP) is 2.01. The molecule has 0 fully saturated rings. The van der Waals surface area contributed by atoms with Crippen molar-refractivity contribution in [3.05, 3.63) is 35.6 Å². The van der Waals surface area contributed by atoms with Crippen LogP contribution >= 0.6 is 0 Å². The molecule has 1 N–H and O–H groups in total. The van der Waals surface area contributed by atoms with E-state index in [1.165, 1.54) is 5.57 Å². The van der Waals surface area contributed by atoms with Gasteiger partial charge in [-0.1, -0.05) is 17.7 Å². The summed E-state index contributed by atoms with van der Waals surface area (Å²) < 4.78 is 5.15. The number of hydrogen-bond donors (Lipinski definition) is 1. The lowest BCUT2D eigenvalue weighted by Crippen LogP contribution is -2.07. The Kier molecular flexibility index (Phi) is 4.33. The van der Waals surface area contributed by atoms with Gasteiger partial charge in [0.25, 0.3) is 0 Å². The van der Waals surface area contributed by atoms with Crippen LogP contribution in [0.25, 0.3) is 0 Å². The summed E-state index contributed by atoms with van der Waals surface area (Å²) in [6.07, 6.45) is 10.5. The number of ether oxygens (including phenoxy) is 1. The van der Waals surface area contributed by atoms with Gasteiger partial charge in [0.1, 0.15) is 5.76 Å². The van der Waals surface area contributed by atoms with Gasteiger partial charge in [-0.3, -0.25) is 0 Å². The van der Waals surface area contributed by atoms with Crippen molar-refractivity contribution in [1.82, 2.24) is 5.32 Å². The van der Waals surface area contributed by atoms with Crippen molar-refractivity contribution >= 4 is 0 Å². The van der Waals surface area contributed by atoms with Crippen molar-refractivity contribution in [3.8, 4) is 0 Å². The van der Waals surface area contributed by atoms with Gasteiger partial charge in [0.2, 0.25) is 0 Å². The highest BCUT2D eigenvalue weighted by molar-refractivity contribution is 5.29. The molecule has 0 saturated heterocycles. The van der Waals surface area contributed by atoms with Crippen LogP contribution in [0.3, 0.4) is 0 Å². The van der Waals surface area contributed by atoms with Gasteiger partial charge in [-0.25, -0.2) is 0 Å². The third-order valence-electron chi connectivity index (χ3n) is 2.06. The second-order valence-corrected chi connectivity index (χ2v) is 3.01. The molecule has 1 aliphatic rings. The van der Waals surface area contributed by atoms with E-state index >= 15 is 0 Å². The van der Waals surface area contributed by atoms with E-state index in [-0.39, 0.29) is 0 Å². The predicted molar refractivity (Wildman–Crippen MR) is 55.5 cm³/mol. The molecule has 0 unspecified atom stereocenters. The average molecular weight is 179 g/mol. The van der Waals surface area contributed by atoms with Crippen molar-refractivity contribution in [2.75, 3.05) is 20.7 Å². The molecule has 0 aromatic heterocycles. The summed E-state index contributed by atoms with van der Waals surface area (Å²) in [5.41, 5.74) is 1.37. The van der Waals surface area contributed by atoms with E-state index in [1.54, 1.807) is 7.11 Å². The molecule has 1 aliphatic carbocycles. The number of allylic oxidation sites excluding steroid dienone is 4. The Balaban J connectivity index is 2.48. The largest absolute Gasteiger partial charge is 0.497 e. The number of rotatable bonds is 4. The van der Waals surface area contributed by atoms with Crippen molar-refractivity contribution in [3.63, 3.8) is 0 Å². The summed E-state index contributed by atoms with van der Waals surface area (Å²) in [4.78, 5) is 0. The Bertz CT molecular complexity index is 238. The zero-order valence-corrected chi connectivity index (χ0v) is 8.34.